The molecule has 0 fully saturated rings. The van der Waals surface area contributed by atoms with Gasteiger partial charge in [0.2, 0.25) is 0 Å². The van der Waals surface area contributed by atoms with Crippen LogP contribution in [-0.2, 0) is 0 Å². The lowest BCUT2D eigenvalue weighted by Crippen LogP contribution is -1.76. The van der Waals surface area contributed by atoms with Crippen molar-refractivity contribution < 1.29 is 4.79 Å². The van der Waals surface area contributed by atoms with Crippen LogP contribution >= 0.6 is 11.3 Å². The van der Waals surface area contributed by atoms with Gasteiger partial charge in [-0.3, -0.25) is 4.79 Å². The summed E-state index contributed by atoms with van der Waals surface area (Å²) in [5.41, 5.74) is 1.90. The smallest absolute Gasteiger partial charge is 0.151 e. The van der Waals surface area contributed by atoms with Crippen LogP contribution in [0, 0.1) is 0 Å². The van der Waals surface area contributed by atoms with E-state index in [1.165, 1.54) is 0 Å². The van der Waals surface area contributed by atoms with E-state index in [1.807, 2.05) is 53.9 Å². The van der Waals surface area contributed by atoms with Gasteiger partial charge in [0, 0.05) is 10.4 Å². The van der Waals surface area contributed by atoms with E-state index in [1.54, 1.807) is 11.3 Å². The molecule has 1 nitrogen and oxygen atoms in total. The fraction of sp³-hybridized carbons (Fsp3) is 0. The molecule has 74 valence electrons. The summed E-state index contributed by atoms with van der Waals surface area (Å²) in [6, 6.07) is 11.9. The van der Waals surface area contributed by atoms with Crippen molar-refractivity contribution in [2.75, 3.05) is 0 Å². The van der Waals surface area contributed by atoms with Gasteiger partial charge in [-0.25, -0.2) is 0 Å². The molecule has 15 heavy (non-hydrogen) atoms. The quantitative estimate of drug-likeness (QED) is 0.711. The predicted molar refractivity (Wildman–Crippen MR) is 65.1 cm³/mol. The average molecular weight is 214 g/mol. The Hall–Kier alpha value is -1.67. The van der Waals surface area contributed by atoms with Crippen molar-refractivity contribution in [3.05, 3.63) is 57.8 Å². The van der Waals surface area contributed by atoms with E-state index in [2.05, 4.69) is 0 Å². The Kier molecular flexibility index (Phi) is 3.10. The lowest BCUT2D eigenvalue weighted by Gasteiger charge is -1.91. The molecule has 0 N–H and O–H groups in total. The Labute approximate surface area is 92.7 Å². The van der Waals surface area contributed by atoms with Crippen molar-refractivity contribution in [1.29, 1.82) is 0 Å². The fourth-order valence-corrected chi connectivity index (χ4v) is 2.06. The van der Waals surface area contributed by atoms with Crippen LogP contribution in [0.5, 0.6) is 0 Å². The highest BCUT2D eigenvalue weighted by Crippen LogP contribution is 2.18. The van der Waals surface area contributed by atoms with Gasteiger partial charge in [0.05, 0.1) is 0 Å². The van der Waals surface area contributed by atoms with Crippen LogP contribution in [-0.4, -0.2) is 6.29 Å². The summed E-state index contributed by atoms with van der Waals surface area (Å²) in [6.07, 6.45) is 4.88. The highest BCUT2D eigenvalue weighted by Gasteiger charge is 1.97. The first kappa shape index (κ1) is 9.87. The van der Waals surface area contributed by atoms with Crippen molar-refractivity contribution >= 4 is 29.8 Å². The monoisotopic (exact) mass is 214 g/mol. The van der Waals surface area contributed by atoms with Crippen LogP contribution in [0.4, 0.5) is 0 Å². The van der Waals surface area contributed by atoms with Crippen LogP contribution in [0.1, 0.15) is 20.8 Å². The van der Waals surface area contributed by atoms with Gasteiger partial charge >= 0.3 is 0 Å². The Morgan fingerprint density at radius 3 is 2.53 bits per heavy atom. The first-order valence-electron chi connectivity index (χ1n) is 4.66. The molecule has 1 aromatic heterocycles. The van der Waals surface area contributed by atoms with E-state index in [0.717, 1.165) is 22.3 Å². The summed E-state index contributed by atoms with van der Waals surface area (Å²) in [7, 11) is 0. The average Bonchev–Trinajstić information content (AvgIpc) is 2.75. The van der Waals surface area contributed by atoms with Crippen molar-refractivity contribution in [1.82, 2.24) is 0 Å². The summed E-state index contributed by atoms with van der Waals surface area (Å²) < 4.78 is 0. The standard InChI is InChI=1S/C13H10OS/c14-10-12-8-9-15-13(12)7-6-11-4-2-1-3-5-11/h1-10H/b7-6+. The molecule has 2 heteroatoms. The maximum Gasteiger partial charge on any atom is 0.151 e. The number of hydrogen-bond donors (Lipinski definition) is 0. The van der Waals surface area contributed by atoms with Crippen molar-refractivity contribution in [2.24, 2.45) is 0 Å². The molecule has 0 bridgehead atoms. The summed E-state index contributed by atoms with van der Waals surface area (Å²) in [6.45, 7) is 0. The Morgan fingerprint density at radius 1 is 1.00 bits per heavy atom. The van der Waals surface area contributed by atoms with Gasteiger partial charge in [0.15, 0.2) is 6.29 Å². The van der Waals surface area contributed by atoms with E-state index in [4.69, 9.17) is 0 Å². The van der Waals surface area contributed by atoms with Crippen LogP contribution in [0.3, 0.4) is 0 Å². The second-order valence-electron chi connectivity index (χ2n) is 3.10. The summed E-state index contributed by atoms with van der Waals surface area (Å²) >= 11 is 1.58. The minimum atomic E-state index is 0.757. The zero-order valence-electron chi connectivity index (χ0n) is 8.09. The summed E-state index contributed by atoms with van der Waals surface area (Å²) in [5.74, 6) is 0. The molecule has 0 saturated carbocycles. The van der Waals surface area contributed by atoms with Gasteiger partial charge in [-0.05, 0) is 23.1 Å². The van der Waals surface area contributed by atoms with E-state index in [0.29, 0.717) is 0 Å². The first-order chi connectivity index (χ1) is 7.40. The highest BCUT2D eigenvalue weighted by atomic mass is 32.1. The molecular formula is C13H10OS. The highest BCUT2D eigenvalue weighted by molar-refractivity contribution is 7.11. The molecule has 1 heterocycles. The second-order valence-corrected chi connectivity index (χ2v) is 4.05. The van der Waals surface area contributed by atoms with Crippen LogP contribution in [0.25, 0.3) is 12.2 Å². The lowest BCUT2D eigenvalue weighted by atomic mass is 10.2. The Morgan fingerprint density at radius 2 is 1.80 bits per heavy atom. The van der Waals surface area contributed by atoms with Gasteiger partial charge in [0.1, 0.15) is 0 Å². The first-order valence-corrected chi connectivity index (χ1v) is 5.54. The van der Waals surface area contributed by atoms with Gasteiger partial charge < -0.3 is 0 Å². The van der Waals surface area contributed by atoms with Crippen molar-refractivity contribution in [2.45, 2.75) is 0 Å². The summed E-state index contributed by atoms with van der Waals surface area (Å²) in [5, 5.41) is 1.92. The number of rotatable bonds is 3. The van der Waals surface area contributed by atoms with E-state index < -0.39 is 0 Å². The maximum absolute atomic E-state index is 10.7. The Bertz CT molecular complexity index is 468. The third kappa shape index (κ3) is 2.42. The molecule has 0 saturated heterocycles. The molecule has 1 aromatic carbocycles. The molecule has 0 aliphatic heterocycles. The zero-order chi connectivity index (χ0) is 10.5. The molecule has 0 radical (unpaired) electrons. The van der Waals surface area contributed by atoms with Crippen molar-refractivity contribution in [3.8, 4) is 0 Å². The Balaban J connectivity index is 2.22. The molecule has 0 unspecified atom stereocenters. The molecule has 0 aliphatic carbocycles. The molecular weight excluding hydrogens is 204 g/mol. The molecule has 0 atom stereocenters. The SMILES string of the molecule is O=Cc1ccsc1/C=C/c1ccccc1. The minimum Gasteiger partial charge on any atom is -0.298 e. The number of benzene rings is 1. The number of aldehydes is 1. The topological polar surface area (TPSA) is 17.1 Å². The normalized spacial score (nSPS) is 10.7. The molecule has 0 aliphatic rings. The number of hydrogen-bond acceptors (Lipinski definition) is 2. The fourth-order valence-electron chi connectivity index (χ4n) is 1.30. The van der Waals surface area contributed by atoms with Crippen molar-refractivity contribution in [3.63, 3.8) is 0 Å². The molecule has 0 spiro atoms. The number of carbonyl (C=O) groups excluding carboxylic acids is 1. The van der Waals surface area contributed by atoms with Crippen LogP contribution < -0.4 is 0 Å². The minimum absolute atomic E-state index is 0.757. The van der Waals surface area contributed by atoms with Crippen LogP contribution in [0.15, 0.2) is 41.8 Å². The van der Waals surface area contributed by atoms with E-state index >= 15 is 0 Å². The van der Waals surface area contributed by atoms with Gasteiger partial charge in [-0.15, -0.1) is 11.3 Å². The molecule has 0 amide bonds. The number of thiophene rings is 1. The molecule has 2 aromatic rings. The largest absolute Gasteiger partial charge is 0.298 e. The molecule has 2 rings (SSSR count). The second kappa shape index (κ2) is 4.71. The van der Waals surface area contributed by atoms with Gasteiger partial charge in [0.25, 0.3) is 0 Å². The van der Waals surface area contributed by atoms with E-state index in [-0.39, 0.29) is 0 Å². The predicted octanol–water partition coefficient (Wildman–Crippen LogP) is 3.73. The zero-order valence-corrected chi connectivity index (χ0v) is 8.91. The van der Waals surface area contributed by atoms with Crippen LogP contribution in [0.2, 0.25) is 0 Å². The maximum atomic E-state index is 10.7. The third-order valence-corrected chi connectivity index (χ3v) is 2.98. The van der Waals surface area contributed by atoms with Gasteiger partial charge in [-0.2, -0.15) is 0 Å². The lowest BCUT2D eigenvalue weighted by molar-refractivity contribution is 0.112. The third-order valence-electron chi connectivity index (χ3n) is 2.08. The summed E-state index contributed by atoms with van der Waals surface area (Å²) in [4.78, 5) is 11.7. The van der Waals surface area contributed by atoms with Gasteiger partial charge in [-0.1, -0.05) is 36.4 Å². The number of carbonyl (C=O) groups is 1. The van der Waals surface area contributed by atoms with E-state index in [9.17, 15) is 4.79 Å².